The molecule has 15 heavy (non-hydrogen) atoms. The van der Waals surface area contributed by atoms with Crippen LogP contribution in [-0.4, -0.2) is 14.8 Å². The van der Waals surface area contributed by atoms with Gasteiger partial charge in [-0.2, -0.15) is 0 Å². The summed E-state index contributed by atoms with van der Waals surface area (Å²) in [5.74, 6) is 0. The summed E-state index contributed by atoms with van der Waals surface area (Å²) in [5, 5.41) is 0.121. The summed E-state index contributed by atoms with van der Waals surface area (Å²) in [6, 6.07) is 3.90. The Morgan fingerprint density at radius 1 is 1.40 bits per heavy atom. The fraction of sp³-hybridized carbons (Fsp3) is 0.500. The molecule has 5 heteroatoms. The van der Waals surface area contributed by atoms with Crippen molar-refractivity contribution in [2.24, 2.45) is 0 Å². The number of hydrogen-bond donors (Lipinski definition) is 1. The van der Waals surface area contributed by atoms with Crippen molar-refractivity contribution in [1.82, 2.24) is 9.71 Å². The molecule has 0 fully saturated rings. The second-order valence-corrected chi connectivity index (χ2v) is 6.19. The highest BCUT2D eigenvalue weighted by molar-refractivity contribution is 9.10. The van der Waals surface area contributed by atoms with E-state index in [1.165, 1.54) is 0 Å². The molecule has 1 aromatic heterocycles. The average molecular weight is 291 g/mol. The Balaban J connectivity index is 2.61. The van der Waals surface area contributed by atoms with Crippen molar-refractivity contribution < 1.29 is 4.55 Å². The van der Waals surface area contributed by atoms with Gasteiger partial charge < -0.3 is 4.55 Å². The molecule has 0 amide bonds. The minimum Gasteiger partial charge on any atom is -0.598 e. The van der Waals surface area contributed by atoms with Crippen molar-refractivity contribution in [2.75, 3.05) is 0 Å². The van der Waals surface area contributed by atoms with E-state index >= 15 is 0 Å². The van der Waals surface area contributed by atoms with Crippen LogP contribution in [0.3, 0.4) is 0 Å². The summed E-state index contributed by atoms with van der Waals surface area (Å²) in [6.45, 7) is 5.83. The van der Waals surface area contributed by atoms with E-state index in [4.69, 9.17) is 0 Å². The molecule has 0 saturated heterocycles. The lowest BCUT2D eigenvalue weighted by Crippen LogP contribution is -2.32. The molecule has 1 heterocycles. The van der Waals surface area contributed by atoms with Gasteiger partial charge in [0.25, 0.3) is 0 Å². The van der Waals surface area contributed by atoms with Crippen molar-refractivity contribution >= 4 is 27.3 Å². The number of rotatable bonds is 4. The molecule has 0 radical (unpaired) electrons. The largest absolute Gasteiger partial charge is 0.598 e. The highest BCUT2D eigenvalue weighted by Gasteiger charge is 2.16. The molecule has 0 spiro atoms. The predicted octanol–water partition coefficient (Wildman–Crippen LogP) is 2.57. The fourth-order valence-corrected chi connectivity index (χ4v) is 2.01. The quantitative estimate of drug-likeness (QED) is 0.685. The third-order valence-corrected chi connectivity index (χ3v) is 3.88. The molecule has 1 aromatic rings. The van der Waals surface area contributed by atoms with Crippen LogP contribution in [0.4, 0.5) is 0 Å². The fourth-order valence-electron chi connectivity index (χ4n) is 1.02. The normalized spacial score (nSPS) is 15.3. The van der Waals surface area contributed by atoms with Crippen LogP contribution in [-0.2, 0) is 11.4 Å². The van der Waals surface area contributed by atoms with Gasteiger partial charge in [-0.1, -0.05) is 6.07 Å². The first kappa shape index (κ1) is 13.0. The van der Waals surface area contributed by atoms with E-state index in [1.807, 2.05) is 32.9 Å². The molecule has 0 aromatic carbocycles. The molecule has 0 bridgehead atoms. The zero-order chi connectivity index (χ0) is 11.4. The topological polar surface area (TPSA) is 48.0 Å². The Bertz CT molecular complexity index is 305. The summed E-state index contributed by atoms with van der Waals surface area (Å²) >= 11 is 2.28. The van der Waals surface area contributed by atoms with Crippen molar-refractivity contribution in [3.63, 3.8) is 0 Å². The third kappa shape index (κ3) is 4.10. The molecular weight excluding hydrogens is 276 g/mol. The minimum atomic E-state index is -0.997. The smallest absolute Gasteiger partial charge is 0.129 e. The molecular formula is C10H15BrN2OS. The maximum absolute atomic E-state index is 11.6. The van der Waals surface area contributed by atoms with Crippen LogP contribution in [0, 0.1) is 0 Å². The maximum atomic E-state index is 11.6. The van der Waals surface area contributed by atoms with E-state index in [2.05, 4.69) is 25.6 Å². The zero-order valence-corrected chi connectivity index (χ0v) is 11.4. The lowest BCUT2D eigenvalue weighted by molar-refractivity contribution is 0.557. The van der Waals surface area contributed by atoms with Crippen molar-refractivity contribution in [3.8, 4) is 0 Å². The van der Waals surface area contributed by atoms with Crippen molar-refractivity contribution in [3.05, 3.63) is 28.5 Å². The van der Waals surface area contributed by atoms with Gasteiger partial charge in [-0.05, 0) is 48.3 Å². The number of pyridine rings is 1. The van der Waals surface area contributed by atoms with Crippen LogP contribution in [0.15, 0.2) is 22.9 Å². The Labute approximate surface area is 102 Å². The first-order chi connectivity index (χ1) is 7.00. The van der Waals surface area contributed by atoms with E-state index < -0.39 is 11.4 Å². The molecule has 3 nitrogen and oxygen atoms in total. The Morgan fingerprint density at radius 3 is 2.53 bits per heavy atom. The van der Waals surface area contributed by atoms with Crippen LogP contribution in [0.25, 0.3) is 0 Å². The summed E-state index contributed by atoms with van der Waals surface area (Å²) in [5.41, 5.74) is 1.03. The van der Waals surface area contributed by atoms with Gasteiger partial charge in [0.1, 0.15) is 9.85 Å². The molecule has 2 atom stereocenters. The van der Waals surface area contributed by atoms with Crippen LogP contribution >= 0.6 is 15.9 Å². The predicted molar refractivity (Wildman–Crippen MR) is 66.8 cm³/mol. The second-order valence-electron chi connectivity index (χ2n) is 3.60. The Hall–Kier alpha value is -0.100. The molecule has 84 valence electrons. The zero-order valence-electron chi connectivity index (χ0n) is 9.03. The molecule has 0 aliphatic heterocycles. The molecule has 1 unspecified atom stereocenters. The van der Waals surface area contributed by atoms with Gasteiger partial charge in [0.2, 0.25) is 0 Å². The van der Waals surface area contributed by atoms with Crippen LogP contribution in [0.2, 0.25) is 0 Å². The monoisotopic (exact) mass is 290 g/mol. The summed E-state index contributed by atoms with van der Waals surface area (Å²) in [7, 11) is 0. The first-order valence-electron chi connectivity index (χ1n) is 4.79. The summed E-state index contributed by atoms with van der Waals surface area (Å²) < 4.78 is 15.4. The van der Waals surface area contributed by atoms with E-state index in [0.717, 1.165) is 10.2 Å². The van der Waals surface area contributed by atoms with Crippen molar-refractivity contribution in [1.29, 1.82) is 0 Å². The van der Waals surface area contributed by atoms with Crippen molar-refractivity contribution in [2.45, 2.75) is 32.1 Å². The highest BCUT2D eigenvalue weighted by Crippen LogP contribution is 2.15. The van der Waals surface area contributed by atoms with Gasteiger partial charge in [-0.25, -0.2) is 4.98 Å². The Kier molecular flexibility index (Phi) is 5.05. The number of hydrogen-bond acceptors (Lipinski definition) is 3. The minimum absolute atomic E-state index is 0.0498. The van der Waals surface area contributed by atoms with Gasteiger partial charge in [0.05, 0.1) is 6.04 Å². The standard InChI is InChI=1S/C10H15BrN2OS/c1-7(2)15(14)13-8(3)9-4-5-10(11)12-6-9/h4-8,13H,1-3H3/t8-,15?/m1/s1. The van der Waals surface area contributed by atoms with E-state index in [0.29, 0.717) is 0 Å². The van der Waals surface area contributed by atoms with Gasteiger partial charge in [-0.3, -0.25) is 0 Å². The molecule has 1 N–H and O–H groups in total. The highest BCUT2D eigenvalue weighted by atomic mass is 79.9. The molecule has 0 aliphatic carbocycles. The van der Waals surface area contributed by atoms with Gasteiger partial charge in [-0.15, -0.1) is 4.72 Å². The lowest BCUT2D eigenvalue weighted by atomic mass is 10.2. The van der Waals surface area contributed by atoms with E-state index in [9.17, 15) is 4.55 Å². The first-order valence-corrected chi connectivity index (χ1v) is 6.79. The number of nitrogens with zero attached hydrogens (tertiary/aromatic N) is 1. The number of aromatic nitrogens is 1. The average Bonchev–Trinajstić information content (AvgIpc) is 2.18. The van der Waals surface area contributed by atoms with Gasteiger partial charge in [0, 0.05) is 17.6 Å². The number of nitrogens with one attached hydrogen (secondary N) is 1. The van der Waals surface area contributed by atoms with Gasteiger partial charge in [0.15, 0.2) is 0 Å². The second kappa shape index (κ2) is 5.84. The third-order valence-electron chi connectivity index (χ3n) is 1.97. The molecule has 1 rings (SSSR count). The van der Waals surface area contributed by atoms with E-state index in [1.54, 1.807) is 6.20 Å². The molecule has 0 saturated carbocycles. The number of halogens is 1. The summed E-state index contributed by atoms with van der Waals surface area (Å²) in [4.78, 5) is 4.13. The van der Waals surface area contributed by atoms with E-state index in [-0.39, 0.29) is 11.3 Å². The lowest BCUT2D eigenvalue weighted by Gasteiger charge is -2.19. The van der Waals surface area contributed by atoms with Crippen LogP contribution in [0.1, 0.15) is 32.4 Å². The van der Waals surface area contributed by atoms with Crippen LogP contribution in [0.5, 0.6) is 0 Å². The van der Waals surface area contributed by atoms with Crippen LogP contribution < -0.4 is 4.72 Å². The summed E-state index contributed by atoms with van der Waals surface area (Å²) in [6.07, 6.45) is 1.78. The maximum Gasteiger partial charge on any atom is 0.129 e. The Morgan fingerprint density at radius 2 is 2.07 bits per heavy atom. The molecule has 0 aliphatic rings. The van der Waals surface area contributed by atoms with Gasteiger partial charge >= 0.3 is 0 Å². The SMILES string of the molecule is CC(C)[S+]([O-])N[C@H](C)c1ccc(Br)nc1.